The predicted molar refractivity (Wildman–Crippen MR) is 84.7 cm³/mol. The lowest BCUT2D eigenvalue weighted by Gasteiger charge is -2.19. The molecule has 0 bridgehead atoms. The van der Waals surface area contributed by atoms with Crippen molar-refractivity contribution < 1.29 is 13.6 Å². The van der Waals surface area contributed by atoms with E-state index in [1.807, 2.05) is 6.92 Å². The molecule has 1 saturated heterocycles. The van der Waals surface area contributed by atoms with E-state index >= 15 is 0 Å². The highest BCUT2D eigenvalue weighted by molar-refractivity contribution is 5.74. The minimum absolute atomic E-state index is 0.161. The van der Waals surface area contributed by atoms with Crippen molar-refractivity contribution >= 4 is 6.03 Å². The first-order valence-corrected chi connectivity index (χ1v) is 8.03. The van der Waals surface area contributed by atoms with Crippen LogP contribution in [0, 0.1) is 11.6 Å². The Morgan fingerprint density at radius 2 is 2.04 bits per heavy atom. The van der Waals surface area contributed by atoms with Crippen molar-refractivity contribution in [1.29, 1.82) is 0 Å². The van der Waals surface area contributed by atoms with Crippen LogP contribution >= 0.6 is 0 Å². The van der Waals surface area contributed by atoms with Crippen LogP contribution in [0.2, 0.25) is 0 Å². The number of hydrogen-bond donors (Lipinski definition) is 4. The largest absolute Gasteiger partial charge is 0.337 e. The molecule has 4 N–H and O–H groups in total. The lowest BCUT2D eigenvalue weighted by molar-refractivity contribution is 0.235. The van der Waals surface area contributed by atoms with E-state index in [0.717, 1.165) is 31.0 Å². The number of rotatable bonds is 6. The Hall–Kier alpha value is -1.73. The summed E-state index contributed by atoms with van der Waals surface area (Å²) < 4.78 is 27.1. The zero-order valence-corrected chi connectivity index (χ0v) is 13.5. The average Bonchev–Trinajstić information content (AvgIpc) is 3.01. The highest BCUT2D eigenvalue weighted by Gasteiger charge is 2.23. The number of hydrazine groups is 1. The molecule has 3 unspecified atom stereocenters. The molecular weight excluding hydrogens is 302 g/mol. The van der Waals surface area contributed by atoms with E-state index in [9.17, 15) is 13.6 Å². The molecule has 2 rings (SSSR count). The van der Waals surface area contributed by atoms with Crippen LogP contribution in [0.1, 0.15) is 44.7 Å². The number of carbonyl (C=O) groups excluding carboxylic acids is 1. The second kappa shape index (κ2) is 8.21. The molecule has 3 atom stereocenters. The van der Waals surface area contributed by atoms with Gasteiger partial charge in [-0.3, -0.25) is 10.9 Å². The van der Waals surface area contributed by atoms with Crippen molar-refractivity contribution in [1.82, 2.24) is 21.5 Å². The highest BCUT2D eigenvalue weighted by Crippen LogP contribution is 2.21. The monoisotopic (exact) mass is 326 g/mol. The van der Waals surface area contributed by atoms with Crippen LogP contribution in [-0.4, -0.2) is 24.7 Å². The van der Waals surface area contributed by atoms with Crippen LogP contribution in [0.25, 0.3) is 0 Å². The number of hydrogen-bond acceptors (Lipinski definition) is 3. The fourth-order valence-electron chi connectivity index (χ4n) is 2.71. The lowest BCUT2D eigenvalue weighted by atomic mass is 10.0. The molecule has 1 aromatic rings. The summed E-state index contributed by atoms with van der Waals surface area (Å²) in [6, 6.07) is 2.88. The number of carbonyl (C=O) groups is 1. The van der Waals surface area contributed by atoms with Crippen molar-refractivity contribution in [3.63, 3.8) is 0 Å². The molecule has 128 valence electrons. The number of halogens is 2. The van der Waals surface area contributed by atoms with Gasteiger partial charge in [-0.2, -0.15) is 0 Å². The van der Waals surface area contributed by atoms with Crippen molar-refractivity contribution in [2.24, 2.45) is 0 Å². The number of amides is 2. The van der Waals surface area contributed by atoms with Gasteiger partial charge in [-0.15, -0.1) is 0 Å². The Morgan fingerprint density at radius 1 is 1.30 bits per heavy atom. The average molecular weight is 326 g/mol. The van der Waals surface area contributed by atoms with Gasteiger partial charge in [0.05, 0.1) is 6.04 Å². The predicted octanol–water partition coefficient (Wildman–Crippen LogP) is 2.36. The van der Waals surface area contributed by atoms with Crippen molar-refractivity contribution in [3.8, 4) is 0 Å². The molecule has 23 heavy (non-hydrogen) atoms. The van der Waals surface area contributed by atoms with E-state index in [-0.39, 0.29) is 17.6 Å². The minimum Gasteiger partial charge on any atom is -0.337 e. The summed E-state index contributed by atoms with van der Waals surface area (Å²) in [5, 5.41) is 5.46. The SMILES string of the molecule is CCC1CC(CNC(=O)NC(CC)c2cc(F)ccc2F)NN1. The van der Waals surface area contributed by atoms with E-state index in [2.05, 4.69) is 28.4 Å². The van der Waals surface area contributed by atoms with Crippen LogP contribution in [0.3, 0.4) is 0 Å². The van der Waals surface area contributed by atoms with Gasteiger partial charge >= 0.3 is 6.03 Å². The molecule has 0 radical (unpaired) electrons. The molecular formula is C16H24F2N4O. The summed E-state index contributed by atoms with van der Waals surface area (Å²) in [5.41, 5.74) is 6.45. The van der Waals surface area contributed by atoms with Gasteiger partial charge in [0.1, 0.15) is 11.6 Å². The maximum absolute atomic E-state index is 13.8. The van der Waals surface area contributed by atoms with E-state index in [0.29, 0.717) is 19.0 Å². The van der Waals surface area contributed by atoms with Gasteiger partial charge in [0.2, 0.25) is 0 Å². The van der Waals surface area contributed by atoms with Crippen LogP contribution in [-0.2, 0) is 0 Å². The molecule has 5 nitrogen and oxygen atoms in total. The number of benzene rings is 1. The second-order valence-corrected chi connectivity index (χ2v) is 5.81. The minimum atomic E-state index is -0.566. The zero-order valence-electron chi connectivity index (χ0n) is 13.5. The van der Waals surface area contributed by atoms with Crippen LogP contribution in [0.15, 0.2) is 18.2 Å². The Kier molecular flexibility index (Phi) is 6.29. The Balaban J connectivity index is 1.86. The summed E-state index contributed by atoms with van der Waals surface area (Å²) >= 11 is 0. The molecule has 0 aromatic heterocycles. The van der Waals surface area contributed by atoms with Gasteiger partial charge in [0.15, 0.2) is 0 Å². The third kappa shape index (κ3) is 4.87. The van der Waals surface area contributed by atoms with Gasteiger partial charge in [-0.1, -0.05) is 13.8 Å². The van der Waals surface area contributed by atoms with Gasteiger partial charge in [0, 0.05) is 24.2 Å². The highest BCUT2D eigenvalue weighted by atomic mass is 19.1. The maximum atomic E-state index is 13.8. The molecule has 0 aliphatic carbocycles. The summed E-state index contributed by atoms with van der Waals surface area (Å²) in [7, 11) is 0. The first-order valence-electron chi connectivity index (χ1n) is 8.03. The van der Waals surface area contributed by atoms with Crippen LogP contribution in [0.4, 0.5) is 13.6 Å². The normalized spacial score (nSPS) is 21.9. The van der Waals surface area contributed by atoms with Crippen LogP contribution < -0.4 is 21.5 Å². The summed E-state index contributed by atoms with van der Waals surface area (Å²) in [5.74, 6) is -1.04. The van der Waals surface area contributed by atoms with E-state index in [1.54, 1.807) is 0 Å². The molecule has 1 aliphatic heterocycles. The molecule has 1 aromatic carbocycles. The van der Waals surface area contributed by atoms with Gasteiger partial charge in [0.25, 0.3) is 0 Å². The first-order chi connectivity index (χ1) is 11.0. The molecule has 7 heteroatoms. The van der Waals surface area contributed by atoms with Gasteiger partial charge in [-0.25, -0.2) is 13.6 Å². The zero-order chi connectivity index (χ0) is 16.8. The molecule has 1 aliphatic rings. The summed E-state index contributed by atoms with van der Waals surface area (Å²) in [6.07, 6.45) is 2.42. The first kappa shape index (κ1) is 17.6. The smallest absolute Gasteiger partial charge is 0.315 e. The Bertz CT molecular complexity index is 541. The standard InChI is InChI=1S/C16H24F2N4O/c1-3-11-8-12(22-21-11)9-19-16(23)20-15(4-2)13-7-10(17)5-6-14(13)18/h5-7,11-12,15,21-22H,3-4,8-9H2,1-2H3,(H2,19,20,23). The van der Waals surface area contributed by atoms with E-state index < -0.39 is 17.7 Å². The third-order valence-corrected chi connectivity index (χ3v) is 4.11. The van der Waals surface area contributed by atoms with Gasteiger partial charge < -0.3 is 10.6 Å². The second-order valence-electron chi connectivity index (χ2n) is 5.81. The van der Waals surface area contributed by atoms with Crippen LogP contribution in [0.5, 0.6) is 0 Å². The number of nitrogens with one attached hydrogen (secondary N) is 4. The molecule has 2 amide bonds. The van der Waals surface area contributed by atoms with Crippen molar-refractivity contribution in [2.75, 3.05) is 6.54 Å². The molecule has 0 spiro atoms. The van der Waals surface area contributed by atoms with Crippen molar-refractivity contribution in [3.05, 3.63) is 35.4 Å². The third-order valence-electron chi connectivity index (χ3n) is 4.11. The Morgan fingerprint density at radius 3 is 2.70 bits per heavy atom. The topological polar surface area (TPSA) is 65.2 Å². The quantitative estimate of drug-likeness (QED) is 0.649. The fourth-order valence-corrected chi connectivity index (χ4v) is 2.71. The van der Waals surface area contributed by atoms with E-state index in [1.165, 1.54) is 0 Å². The summed E-state index contributed by atoms with van der Waals surface area (Å²) in [6.45, 7) is 4.38. The van der Waals surface area contributed by atoms with Crippen molar-refractivity contribution in [2.45, 2.75) is 51.2 Å². The maximum Gasteiger partial charge on any atom is 0.315 e. The molecule has 1 heterocycles. The Labute approximate surface area is 135 Å². The molecule has 0 saturated carbocycles. The fraction of sp³-hybridized carbons (Fsp3) is 0.562. The summed E-state index contributed by atoms with van der Waals surface area (Å²) in [4.78, 5) is 12.0. The van der Waals surface area contributed by atoms with Gasteiger partial charge in [-0.05, 0) is 37.5 Å². The molecule has 1 fully saturated rings. The number of urea groups is 1. The lowest BCUT2D eigenvalue weighted by Crippen LogP contribution is -2.45. The van der Waals surface area contributed by atoms with E-state index in [4.69, 9.17) is 0 Å².